The van der Waals surface area contributed by atoms with Gasteiger partial charge in [0.05, 0.1) is 11.4 Å². The summed E-state index contributed by atoms with van der Waals surface area (Å²) in [6.07, 6.45) is 0. The van der Waals surface area contributed by atoms with Gasteiger partial charge in [-0.1, -0.05) is 12.1 Å². The van der Waals surface area contributed by atoms with Crippen LogP contribution in [0.25, 0.3) is 0 Å². The Labute approximate surface area is 98.0 Å². The molecule has 1 unspecified atom stereocenters. The molecule has 16 heavy (non-hydrogen) atoms. The lowest BCUT2D eigenvalue weighted by molar-refractivity contribution is 0.501. The van der Waals surface area contributed by atoms with Crippen LogP contribution < -0.4 is 15.1 Å². The fraction of sp³-hybridized carbons (Fsp3) is 0.538. The molecule has 0 aliphatic carbocycles. The van der Waals surface area contributed by atoms with E-state index in [-0.39, 0.29) is 0 Å². The van der Waals surface area contributed by atoms with Crippen molar-refractivity contribution in [2.75, 3.05) is 43.5 Å². The smallest absolute Gasteiger partial charge is 0.0607 e. The maximum Gasteiger partial charge on any atom is 0.0607 e. The third-order valence-electron chi connectivity index (χ3n) is 3.17. The van der Waals surface area contributed by atoms with Crippen LogP contribution in [0.5, 0.6) is 0 Å². The molecule has 0 bridgehead atoms. The van der Waals surface area contributed by atoms with Gasteiger partial charge in [-0.25, -0.2) is 0 Å². The Balaban J connectivity index is 2.31. The van der Waals surface area contributed by atoms with E-state index in [0.29, 0.717) is 6.04 Å². The van der Waals surface area contributed by atoms with E-state index >= 15 is 0 Å². The van der Waals surface area contributed by atoms with Crippen LogP contribution in [0.2, 0.25) is 0 Å². The quantitative estimate of drug-likeness (QED) is 0.814. The first-order chi connectivity index (χ1) is 7.70. The van der Waals surface area contributed by atoms with Crippen molar-refractivity contribution < 1.29 is 0 Å². The van der Waals surface area contributed by atoms with Crippen LogP contribution in [0.15, 0.2) is 24.3 Å². The first-order valence-electron chi connectivity index (χ1n) is 5.94. The lowest BCUT2D eigenvalue weighted by Gasteiger charge is -2.37. The summed E-state index contributed by atoms with van der Waals surface area (Å²) >= 11 is 0. The molecule has 1 heterocycles. The van der Waals surface area contributed by atoms with Crippen LogP contribution in [0, 0.1) is 0 Å². The van der Waals surface area contributed by atoms with Crippen molar-refractivity contribution >= 4 is 11.4 Å². The van der Waals surface area contributed by atoms with Crippen LogP contribution in [-0.2, 0) is 0 Å². The lowest BCUT2D eigenvalue weighted by Crippen LogP contribution is -2.50. The lowest BCUT2D eigenvalue weighted by atomic mass is 10.1. The second-order valence-electron chi connectivity index (χ2n) is 4.63. The minimum atomic E-state index is 0.565. The van der Waals surface area contributed by atoms with Crippen LogP contribution in [0.1, 0.15) is 6.92 Å². The van der Waals surface area contributed by atoms with E-state index < -0.39 is 0 Å². The Kier molecular flexibility index (Phi) is 3.34. The van der Waals surface area contributed by atoms with Gasteiger partial charge >= 0.3 is 0 Å². The van der Waals surface area contributed by atoms with Crippen LogP contribution in [0.3, 0.4) is 0 Å². The molecular weight excluding hydrogens is 198 g/mol. The number of benzene rings is 1. The zero-order valence-electron chi connectivity index (χ0n) is 10.4. The molecule has 0 aromatic heterocycles. The van der Waals surface area contributed by atoms with Gasteiger partial charge in [-0.3, -0.25) is 0 Å². The molecule has 88 valence electrons. The van der Waals surface area contributed by atoms with E-state index in [1.54, 1.807) is 0 Å². The maximum atomic E-state index is 3.43. The van der Waals surface area contributed by atoms with Gasteiger partial charge in [0.1, 0.15) is 0 Å². The molecule has 3 nitrogen and oxygen atoms in total. The molecule has 0 saturated carbocycles. The molecule has 1 aromatic rings. The fourth-order valence-electron chi connectivity index (χ4n) is 2.28. The molecule has 1 fully saturated rings. The second-order valence-corrected chi connectivity index (χ2v) is 4.63. The highest BCUT2D eigenvalue weighted by molar-refractivity contribution is 5.71. The summed E-state index contributed by atoms with van der Waals surface area (Å²) in [5.41, 5.74) is 2.65. The zero-order chi connectivity index (χ0) is 11.5. The van der Waals surface area contributed by atoms with Crippen molar-refractivity contribution in [2.45, 2.75) is 13.0 Å². The molecule has 1 saturated heterocycles. The number of para-hydroxylation sites is 2. The molecule has 0 amide bonds. The van der Waals surface area contributed by atoms with Gasteiger partial charge in [0, 0.05) is 39.8 Å². The zero-order valence-corrected chi connectivity index (χ0v) is 10.4. The van der Waals surface area contributed by atoms with Crippen molar-refractivity contribution in [3.05, 3.63) is 24.3 Å². The molecule has 1 aromatic carbocycles. The highest BCUT2D eigenvalue weighted by Crippen LogP contribution is 2.29. The Morgan fingerprint density at radius 1 is 1.31 bits per heavy atom. The van der Waals surface area contributed by atoms with E-state index in [1.165, 1.54) is 11.4 Å². The second kappa shape index (κ2) is 4.74. The number of anilines is 2. The number of nitrogens with one attached hydrogen (secondary N) is 1. The molecule has 1 aliphatic rings. The average Bonchev–Trinajstić information content (AvgIpc) is 2.29. The van der Waals surface area contributed by atoms with Crippen LogP contribution >= 0.6 is 0 Å². The number of hydrogen-bond acceptors (Lipinski definition) is 3. The van der Waals surface area contributed by atoms with Crippen molar-refractivity contribution in [1.82, 2.24) is 5.32 Å². The predicted octanol–water partition coefficient (Wildman–Crippen LogP) is 1.55. The molecule has 2 rings (SSSR count). The number of piperazine rings is 1. The molecular formula is C13H21N3. The van der Waals surface area contributed by atoms with E-state index in [4.69, 9.17) is 0 Å². The summed E-state index contributed by atoms with van der Waals surface area (Å²) in [6, 6.07) is 9.19. The highest BCUT2D eigenvalue weighted by Gasteiger charge is 2.20. The minimum Gasteiger partial charge on any atom is -0.376 e. The minimum absolute atomic E-state index is 0.565. The molecule has 0 spiro atoms. The maximum absolute atomic E-state index is 3.43. The third-order valence-corrected chi connectivity index (χ3v) is 3.17. The SMILES string of the molecule is CC1CNCCN1c1ccccc1N(C)C. The van der Waals surface area contributed by atoms with Gasteiger partial charge in [0.15, 0.2) is 0 Å². The average molecular weight is 219 g/mol. The Morgan fingerprint density at radius 2 is 2.06 bits per heavy atom. The fourth-order valence-corrected chi connectivity index (χ4v) is 2.28. The number of rotatable bonds is 2. The van der Waals surface area contributed by atoms with Crippen molar-refractivity contribution in [3.63, 3.8) is 0 Å². The number of nitrogens with zero attached hydrogens (tertiary/aromatic N) is 2. The largest absolute Gasteiger partial charge is 0.376 e. The molecule has 1 aliphatic heterocycles. The topological polar surface area (TPSA) is 18.5 Å². The molecule has 3 heteroatoms. The standard InChI is InChI=1S/C13H21N3/c1-11-10-14-8-9-16(11)13-7-5-4-6-12(13)15(2)3/h4-7,11,14H,8-10H2,1-3H3. The molecule has 1 N–H and O–H groups in total. The van der Waals surface area contributed by atoms with Crippen LogP contribution in [0.4, 0.5) is 11.4 Å². The predicted molar refractivity (Wildman–Crippen MR) is 70.4 cm³/mol. The summed E-state index contributed by atoms with van der Waals surface area (Å²) in [5, 5.41) is 3.43. The van der Waals surface area contributed by atoms with Crippen molar-refractivity contribution in [1.29, 1.82) is 0 Å². The van der Waals surface area contributed by atoms with Crippen molar-refractivity contribution in [2.24, 2.45) is 0 Å². The first kappa shape index (κ1) is 11.3. The normalized spacial score (nSPS) is 20.9. The Bertz CT molecular complexity index is 349. The Hall–Kier alpha value is -1.22. The summed E-state index contributed by atoms with van der Waals surface area (Å²) in [5.74, 6) is 0. The van der Waals surface area contributed by atoms with Gasteiger partial charge in [-0.05, 0) is 19.1 Å². The summed E-state index contributed by atoms with van der Waals surface area (Å²) in [6.45, 7) is 5.51. The molecule has 1 atom stereocenters. The van der Waals surface area contributed by atoms with E-state index in [9.17, 15) is 0 Å². The van der Waals surface area contributed by atoms with E-state index in [1.807, 2.05) is 0 Å². The number of hydrogen-bond donors (Lipinski definition) is 1. The highest BCUT2D eigenvalue weighted by atomic mass is 15.2. The van der Waals surface area contributed by atoms with Crippen LogP contribution in [-0.4, -0.2) is 39.8 Å². The Morgan fingerprint density at radius 3 is 2.75 bits per heavy atom. The third kappa shape index (κ3) is 2.14. The van der Waals surface area contributed by atoms with Crippen molar-refractivity contribution in [3.8, 4) is 0 Å². The first-order valence-corrected chi connectivity index (χ1v) is 5.94. The molecule has 0 radical (unpaired) electrons. The summed E-state index contributed by atoms with van der Waals surface area (Å²) in [4.78, 5) is 4.68. The van der Waals surface area contributed by atoms with Gasteiger partial charge in [0.2, 0.25) is 0 Å². The van der Waals surface area contributed by atoms with E-state index in [2.05, 4.69) is 60.4 Å². The van der Waals surface area contributed by atoms with E-state index in [0.717, 1.165) is 19.6 Å². The van der Waals surface area contributed by atoms with Gasteiger partial charge in [0.25, 0.3) is 0 Å². The summed E-state index contributed by atoms with van der Waals surface area (Å²) < 4.78 is 0. The summed E-state index contributed by atoms with van der Waals surface area (Å²) in [7, 11) is 4.21. The van der Waals surface area contributed by atoms with Gasteiger partial charge < -0.3 is 15.1 Å². The van der Waals surface area contributed by atoms with Gasteiger partial charge in [-0.2, -0.15) is 0 Å². The monoisotopic (exact) mass is 219 g/mol. The van der Waals surface area contributed by atoms with Gasteiger partial charge in [-0.15, -0.1) is 0 Å².